The average molecular weight is 496 g/mol. The summed E-state index contributed by atoms with van der Waals surface area (Å²) in [5.74, 6) is 0.290. The number of hydrogen-bond donors (Lipinski definition) is 1. The molecule has 2 aliphatic heterocycles. The minimum absolute atomic E-state index is 0.0391. The molecule has 0 radical (unpaired) electrons. The molecule has 2 saturated heterocycles. The summed E-state index contributed by atoms with van der Waals surface area (Å²) in [6.07, 6.45) is 1.68. The Labute approximate surface area is 209 Å². The van der Waals surface area contributed by atoms with Gasteiger partial charge in [0.1, 0.15) is 17.4 Å². The van der Waals surface area contributed by atoms with E-state index in [1.807, 2.05) is 6.07 Å². The Bertz CT molecular complexity index is 1280. The lowest BCUT2D eigenvalue weighted by molar-refractivity contribution is 0.229. The van der Waals surface area contributed by atoms with Gasteiger partial charge in [-0.2, -0.15) is 0 Å². The number of likely N-dealkylation sites (N-methyl/N-ethyl adjacent to an activating group) is 2. The second-order valence-electron chi connectivity index (χ2n) is 9.06. The van der Waals surface area contributed by atoms with Crippen molar-refractivity contribution in [2.45, 2.75) is 0 Å². The molecule has 3 aromatic rings. The summed E-state index contributed by atoms with van der Waals surface area (Å²) >= 11 is 6.53. The third-order valence-electron chi connectivity index (χ3n) is 6.72. The Morgan fingerprint density at radius 1 is 0.914 bits per heavy atom. The van der Waals surface area contributed by atoms with E-state index in [-0.39, 0.29) is 11.8 Å². The van der Waals surface area contributed by atoms with Crippen molar-refractivity contribution in [1.29, 1.82) is 0 Å². The molecule has 1 N–H and O–H groups in total. The van der Waals surface area contributed by atoms with Gasteiger partial charge in [0.15, 0.2) is 0 Å². The number of aromatic hydroxyl groups is 1. The van der Waals surface area contributed by atoms with Crippen LogP contribution in [-0.4, -0.2) is 79.3 Å². The first-order chi connectivity index (χ1) is 16.8. The maximum atomic E-state index is 14.8. The van der Waals surface area contributed by atoms with Crippen LogP contribution in [0, 0.1) is 5.82 Å². The highest BCUT2D eigenvalue weighted by Gasteiger charge is 2.28. The number of halogens is 2. The number of amides is 2. The van der Waals surface area contributed by atoms with Crippen molar-refractivity contribution >= 4 is 29.1 Å². The van der Waals surface area contributed by atoms with Gasteiger partial charge in [-0.05, 0) is 54.6 Å². The molecule has 2 fully saturated rings. The fourth-order valence-corrected chi connectivity index (χ4v) is 4.88. The van der Waals surface area contributed by atoms with Crippen molar-refractivity contribution in [3.8, 4) is 28.0 Å². The third kappa shape index (κ3) is 4.51. The summed E-state index contributed by atoms with van der Waals surface area (Å²) < 4.78 is 14.8. The van der Waals surface area contributed by atoms with E-state index in [0.717, 1.165) is 32.0 Å². The zero-order valence-electron chi connectivity index (χ0n) is 19.7. The molecule has 0 spiro atoms. The maximum Gasteiger partial charge on any atom is 0.324 e. The molecule has 2 aromatic carbocycles. The summed E-state index contributed by atoms with van der Waals surface area (Å²) in [7, 11) is 3.83. The molecule has 1 aromatic heterocycles. The number of aromatic nitrogens is 1. The summed E-state index contributed by atoms with van der Waals surface area (Å²) in [6.45, 7) is 4.75. The van der Waals surface area contributed by atoms with E-state index in [1.54, 1.807) is 47.3 Å². The molecule has 7 nitrogen and oxygen atoms in total. The Balaban J connectivity index is 1.49. The minimum Gasteiger partial charge on any atom is -0.507 e. The molecule has 35 heavy (non-hydrogen) atoms. The van der Waals surface area contributed by atoms with Crippen molar-refractivity contribution in [3.05, 3.63) is 59.5 Å². The van der Waals surface area contributed by atoms with Gasteiger partial charge in [0.25, 0.3) is 0 Å². The SMILES string of the molecule is CN1CCN(c2cc(-c3cc(F)cc(-c4ccc(N5CCN(C)C5=O)c(Cl)c4)c3O)ccn2)CC1. The lowest BCUT2D eigenvalue weighted by atomic mass is 9.97. The first-order valence-electron chi connectivity index (χ1n) is 11.6. The van der Waals surface area contributed by atoms with Crippen LogP contribution >= 0.6 is 11.6 Å². The maximum absolute atomic E-state index is 14.8. The van der Waals surface area contributed by atoms with Crippen LogP contribution in [0.4, 0.5) is 20.7 Å². The number of rotatable bonds is 4. The van der Waals surface area contributed by atoms with Crippen molar-refractivity contribution in [2.24, 2.45) is 0 Å². The molecule has 182 valence electrons. The van der Waals surface area contributed by atoms with Gasteiger partial charge in [-0.15, -0.1) is 0 Å². The quantitative estimate of drug-likeness (QED) is 0.576. The van der Waals surface area contributed by atoms with Gasteiger partial charge in [0, 0.05) is 63.6 Å². The number of phenolic OH excluding ortho intramolecular Hbond substituents is 1. The van der Waals surface area contributed by atoms with Crippen molar-refractivity contribution in [3.63, 3.8) is 0 Å². The van der Waals surface area contributed by atoms with Crippen LogP contribution < -0.4 is 9.80 Å². The summed E-state index contributed by atoms with van der Waals surface area (Å²) in [5, 5.41) is 11.5. The van der Waals surface area contributed by atoms with E-state index in [0.29, 0.717) is 46.1 Å². The smallest absolute Gasteiger partial charge is 0.324 e. The number of anilines is 2. The number of carbonyl (C=O) groups excluding carboxylic acids is 1. The molecular formula is C26H27ClFN5O2. The van der Waals surface area contributed by atoms with E-state index in [9.17, 15) is 14.3 Å². The van der Waals surface area contributed by atoms with E-state index >= 15 is 0 Å². The first-order valence-corrected chi connectivity index (χ1v) is 11.9. The molecule has 9 heteroatoms. The van der Waals surface area contributed by atoms with Gasteiger partial charge in [0.2, 0.25) is 0 Å². The summed E-state index contributed by atoms with van der Waals surface area (Å²) in [6, 6.07) is 11.3. The van der Waals surface area contributed by atoms with Crippen LogP contribution in [0.25, 0.3) is 22.3 Å². The zero-order chi connectivity index (χ0) is 24.7. The molecule has 0 unspecified atom stereocenters. The van der Waals surface area contributed by atoms with Crippen molar-refractivity contribution < 1.29 is 14.3 Å². The topological polar surface area (TPSA) is 63.2 Å². The highest BCUT2D eigenvalue weighted by atomic mass is 35.5. The molecule has 3 heterocycles. The van der Waals surface area contributed by atoms with Crippen molar-refractivity contribution in [2.75, 3.05) is 63.2 Å². The number of benzene rings is 2. The molecule has 2 aliphatic rings. The van der Waals surface area contributed by atoms with Crippen molar-refractivity contribution in [1.82, 2.24) is 14.8 Å². The average Bonchev–Trinajstić information content (AvgIpc) is 3.18. The standard InChI is InChI=1S/C26H27ClFN5O2/c1-30-7-10-32(11-8-30)24-14-18(5-6-29-24)21-16-19(28)15-20(25(21)34)17-3-4-23(22(27)13-17)33-12-9-31(2)26(33)35/h3-6,13-16,34H,7-12H2,1-2H3. The predicted molar refractivity (Wildman–Crippen MR) is 137 cm³/mol. The van der Waals surface area contributed by atoms with Crippen LogP contribution in [-0.2, 0) is 0 Å². The molecule has 5 rings (SSSR count). The number of carbonyl (C=O) groups is 1. The first kappa shape index (κ1) is 23.4. The lowest BCUT2D eigenvalue weighted by Crippen LogP contribution is -2.44. The zero-order valence-corrected chi connectivity index (χ0v) is 20.5. The Kier molecular flexibility index (Phi) is 6.25. The van der Waals surface area contributed by atoms with E-state index in [2.05, 4.69) is 21.8 Å². The number of phenols is 1. The van der Waals surface area contributed by atoms with E-state index in [1.165, 1.54) is 12.1 Å². The largest absolute Gasteiger partial charge is 0.507 e. The third-order valence-corrected chi connectivity index (χ3v) is 7.03. The van der Waals surface area contributed by atoms with Gasteiger partial charge < -0.3 is 19.8 Å². The number of pyridine rings is 1. The van der Waals surface area contributed by atoms with Crippen LogP contribution in [0.1, 0.15) is 0 Å². The summed E-state index contributed by atoms with van der Waals surface area (Å²) in [4.78, 5) is 24.5. The Morgan fingerprint density at radius 3 is 2.23 bits per heavy atom. The normalized spacial score (nSPS) is 16.9. The van der Waals surface area contributed by atoms with Crippen LogP contribution in [0.3, 0.4) is 0 Å². The molecule has 0 saturated carbocycles. The van der Waals surface area contributed by atoms with Gasteiger partial charge >= 0.3 is 6.03 Å². The molecular weight excluding hydrogens is 469 g/mol. The lowest BCUT2D eigenvalue weighted by Gasteiger charge is -2.33. The van der Waals surface area contributed by atoms with Gasteiger partial charge in [0.05, 0.1) is 10.7 Å². The highest BCUT2D eigenvalue weighted by Crippen LogP contribution is 2.41. The number of piperazine rings is 1. The highest BCUT2D eigenvalue weighted by molar-refractivity contribution is 6.34. The van der Waals surface area contributed by atoms with Gasteiger partial charge in [-0.1, -0.05) is 17.7 Å². The number of urea groups is 1. The Morgan fingerprint density at radius 2 is 1.60 bits per heavy atom. The Hall–Kier alpha value is -3.36. The van der Waals surface area contributed by atoms with Crippen LogP contribution in [0.15, 0.2) is 48.7 Å². The fourth-order valence-electron chi connectivity index (χ4n) is 4.60. The van der Waals surface area contributed by atoms with Gasteiger partial charge in [-0.25, -0.2) is 14.2 Å². The second-order valence-corrected chi connectivity index (χ2v) is 9.47. The molecule has 2 amide bonds. The van der Waals surface area contributed by atoms with Crippen LogP contribution in [0.5, 0.6) is 5.75 Å². The monoisotopic (exact) mass is 495 g/mol. The van der Waals surface area contributed by atoms with E-state index < -0.39 is 5.82 Å². The number of nitrogens with zero attached hydrogens (tertiary/aromatic N) is 5. The predicted octanol–water partition coefficient (Wildman–Crippen LogP) is 4.54. The summed E-state index contributed by atoms with van der Waals surface area (Å²) in [5.41, 5.74) is 2.54. The number of hydrogen-bond acceptors (Lipinski definition) is 5. The van der Waals surface area contributed by atoms with Gasteiger partial charge in [-0.3, -0.25) is 4.90 Å². The van der Waals surface area contributed by atoms with Crippen LogP contribution in [0.2, 0.25) is 5.02 Å². The molecule has 0 bridgehead atoms. The minimum atomic E-state index is -0.470. The second kappa shape index (κ2) is 9.36. The molecule has 0 atom stereocenters. The molecule has 0 aliphatic carbocycles. The van der Waals surface area contributed by atoms with E-state index in [4.69, 9.17) is 11.6 Å². The fraction of sp³-hybridized carbons (Fsp3) is 0.308.